The molecule has 92 valence electrons. The molecule has 1 amide bonds. The number of rotatable bonds is 3. The average molecular weight is 280 g/mol. The zero-order chi connectivity index (χ0) is 13.1. The summed E-state index contributed by atoms with van der Waals surface area (Å²) in [7, 11) is 0. The molecule has 0 spiro atoms. The number of thiophene rings is 1. The van der Waals surface area contributed by atoms with Crippen molar-refractivity contribution in [3.8, 4) is 0 Å². The molecule has 5 heteroatoms. The summed E-state index contributed by atoms with van der Waals surface area (Å²) < 4.78 is 0. The summed E-state index contributed by atoms with van der Waals surface area (Å²) in [5.41, 5.74) is 0.880. The van der Waals surface area contributed by atoms with Crippen LogP contribution in [0.15, 0.2) is 35.7 Å². The van der Waals surface area contributed by atoms with E-state index >= 15 is 0 Å². The highest BCUT2D eigenvalue weighted by atomic mass is 35.5. The van der Waals surface area contributed by atoms with Gasteiger partial charge in [-0.15, -0.1) is 11.3 Å². The molecule has 1 aromatic carbocycles. The van der Waals surface area contributed by atoms with Crippen molar-refractivity contribution in [3.05, 3.63) is 51.2 Å². The fourth-order valence-corrected chi connectivity index (χ4v) is 2.39. The molecule has 3 nitrogen and oxygen atoms in total. The minimum absolute atomic E-state index is 0.142. The van der Waals surface area contributed by atoms with Crippen molar-refractivity contribution in [2.24, 2.45) is 0 Å². The number of carbonyl (C=O) groups excluding carboxylic acids is 2. The quantitative estimate of drug-likeness (QED) is 0.873. The SMILES string of the molecule is CC(=O)Nc1ccc(Cl)cc1C(=O)c1cccs1. The molecule has 0 aliphatic rings. The summed E-state index contributed by atoms with van der Waals surface area (Å²) in [6.45, 7) is 1.40. The minimum atomic E-state index is -0.224. The van der Waals surface area contributed by atoms with Crippen LogP contribution in [0.5, 0.6) is 0 Å². The van der Waals surface area contributed by atoms with E-state index in [-0.39, 0.29) is 11.7 Å². The standard InChI is InChI=1S/C13H10ClNO2S/c1-8(16)15-11-5-4-9(14)7-10(11)13(17)12-3-2-6-18-12/h2-7H,1H3,(H,15,16). The molecule has 1 heterocycles. The highest BCUT2D eigenvalue weighted by molar-refractivity contribution is 7.12. The highest BCUT2D eigenvalue weighted by Crippen LogP contribution is 2.25. The molecule has 2 rings (SSSR count). The zero-order valence-electron chi connectivity index (χ0n) is 9.57. The van der Waals surface area contributed by atoms with Crippen molar-refractivity contribution in [2.45, 2.75) is 6.92 Å². The molecule has 1 N–H and O–H groups in total. The van der Waals surface area contributed by atoms with Gasteiger partial charge in [0.1, 0.15) is 0 Å². The Kier molecular flexibility index (Phi) is 3.79. The van der Waals surface area contributed by atoms with Crippen molar-refractivity contribution >= 4 is 40.3 Å². The number of halogens is 1. The third kappa shape index (κ3) is 2.78. The number of carbonyl (C=O) groups is 2. The molecule has 0 bridgehead atoms. The van der Waals surface area contributed by atoms with Crippen molar-refractivity contribution < 1.29 is 9.59 Å². The second kappa shape index (κ2) is 5.33. The lowest BCUT2D eigenvalue weighted by atomic mass is 10.1. The van der Waals surface area contributed by atoms with Crippen LogP contribution in [-0.4, -0.2) is 11.7 Å². The van der Waals surface area contributed by atoms with Crippen molar-refractivity contribution in [2.75, 3.05) is 5.32 Å². The largest absolute Gasteiger partial charge is 0.326 e. The average Bonchev–Trinajstić information content (AvgIpc) is 2.83. The van der Waals surface area contributed by atoms with Gasteiger partial charge in [0.2, 0.25) is 11.7 Å². The Hall–Kier alpha value is -1.65. The Morgan fingerprint density at radius 2 is 2.06 bits per heavy atom. The van der Waals surface area contributed by atoms with E-state index in [0.29, 0.717) is 21.2 Å². The van der Waals surface area contributed by atoms with Crippen LogP contribution >= 0.6 is 22.9 Å². The number of hydrogen-bond acceptors (Lipinski definition) is 3. The lowest BCUT2D eigenvalue weighted by Gasteiger charge is -2.08. The molecule has 0 radical (unpaired) electrons. The molecule has 0 unspecified atom stereocenters. The third-order valence-electron chi connectivity index (χ3n) is 2.28. The second-order valence-corrected chi connectivity index (χ2v) is 5.06. The molecular weight excluding hydrogens is 270 g/mol. The number of anilines is 1. The van der Waals surface area contributed by atoms with Gasteiger partial charge in [-0.25, -0.2) is 0 Å². The van der Waals surface area contributed by atoms with E-state index in [1.807, 2.05) is 5.38 Å². The molecule has 0 saturated carbocycles. The molecule has 2 aromatic rings. The summed E-state index contributed by atoms with van der Waals surface area (Å²) in [5.74, 6) is -0.367. The summed E-state index contributed by atoms with van der Waals surface area (Å²) in [6.07, 6.45) is 0. The predicted molar refractivity (Wildman–Crippen MR) is 73.5 cm³/mol. The van der Waals surface area contributed by atoms with E-state index in [1.165, 1.54) is 18.3 Å². The van der Waals surface area contributed by atoms with Gasteiger partial charge in [-0.2, -0.15) is 0 Å². The first-order valence-electron chi connectivity index (χ1n) is 5.23. The van der Waals surface area contributed by atoms with Gasteiger partial charge in [-0.3, -0.25) is 9.59 Å². The molecule has 0 fully saturated rings. The molecule has 1 aromatic heterocycles. The lowest BCUT2D eigenvalue weighted by molar-refractivity contribution is -0.114. The first-order chi connectivity index (χ1) is 8.58. The van der Waals surface area contributed by atoms with Gasteiger partial charge in [-0.1, -0.05) is 17.7 Å². The monoisotopic (exact) mass is 279 g/mol. The number of amides is 1. The predicted octanol–water partition coefficient (Wildman–Crippen LogP) is 3.59. The van der Waals surface area contributed by atoms with Crippen LogP contribution in [-0.2, 0) is 4.79 Å². The maximum atomic E-state index is 12.3. The van der Waals surface area contributed by atoms with E-state index in [1.54, 1.807) is 30.3 Å². The van der Waals surface area contributed by atoms with Gasteiger partial charge in [-0.05, 0) is 29.6 Å². The Labute approximate surface area is 113 Å². The van der Waals surface area contributed by atoms with Gasteiger partial charge < -0.3 is 5.32 Å². The summed E-state index contributed by atoms with van der Waals surface area (Å²) in [5, 5.41) is 4.92. The topological polar surface area (TPSA) is 46.2 Å². The van der Waals surface area contributed by atoms with Crippen LogP contribution in [0.3, 0.4) is 0 Å². The molecular formula is C13H10ClNO2S. The summed E-state index contributed by atoms with van der Waals surface area (Å²) >= 11 is 7.25. The Bertz CT molecular complexity index is 593. The molecule has 0 saturated heterocycles. The van der Waals surface area contributed by atoms with Crippen molar-refractivity contribution in [1.82, 2.24) is 0 Å². The Balaban J connectivity index is 2.45. The third-order valence-corrected chi connectivity index (χ3v) is 3.39. The second-order valence-electron chi connectivity index (χ2n) is 3.68. The van der Waals surface area contributed by atoms with Crippen LogP contribution in [0.2, 0.25) is 5.02 Å². The maximum Gasteiger partial charge on any atom is 0.221 e. The number of ketones is 1. The Morgan fingerprint density at radius 3 is 2.67 bits per heavy atom. The lowest BCUT2D eigenvalue weighted by Crippen LogP contribution is -2.11. The van der Waals surface area contributed by atoms with Gasteiger partial charge in [0.05, 0.1) is 10.6 Å². The fraction of sp³-hybridized carbons (Fsp3) is 0.0769. The van der Waals surface area contributed by atoms with Crippen LogP contribution in [0, 0.1) is 0 Å². The van der Waals surface area contributed by atoms with Crippen LogP contribution in [0.25, 0.3) is 0 Å². The normalized spacial score (nSPS) is 10.1. The first-order valence-corrected chi connectivity index (χ1v) is 6.49. The maximum absolute atomic E-state index is 12.3. The van der Waals surface area contributed by atoms with Crippen molar-refractivity contribution in [1.29, 1.82) is 0 Å². The first kappa shape index (κ1) is 12.8. The summed E-state index contributed by atoms with van der Waals surface area (Å²) in [6, 6.07) is 8.38. The highest BCUT2D eigenvalue weighted by Gasteiger charge is 2.15. The molecule has 0 aliphatic carbocycles. The van der Waals surface area contributed by atoms with E-state index in [0.717, 1.165) is 0 Å². The smallest absolute Gasteiger partial charge is 0.221 e. The van der Waals surface area contributed by atoms with E-state index in [2.05, 4.69) is 5.32 Å². The van der Waals surface area contributed by atoms with Gasteiger partial charge in [0.25, 0.3) is 0 Å². The van der Waals surface area contributed by atoms with E-state index in [9.17, 15) is 9.59 Å². The van der Waals surface area contributed by atoms with E-state index < -0.39 is 0 Å². The zero-order valence-corrected chi connectivity index (χ0v) is 11.1. The molecule has 0 atom stereocenters. The van der Waals surface area contributed by atoms with Crippen molar-refractivity contribution in [3.63, 3.8) is 0 Å². The Morgan fingerprint density at radius 1 is 1.28 bits per heavy atom. The van der Waals surface area contributed by atoms with E-state index in [4.69, 9.17) is 11.6 Å². The van der Waals surface area contributed by atoms with Crippen LogP contribution < -0.4 is 5.32 Å². The number of benzene rings is 1. The van der Waals surface area contributed by atoms with Gasteiger partial charge in [0, 0.05) is 17.5 Å². The fourth-order valence-electron chi connectivity index (χ4n) is 1.54. The summed E-state index contributed by atoms with van der Waals surface area (Å²) in [4.78, 5) is 24.0. The molecule has 18 heavy (non-hydrogen) atoms. The number of hydrogen-bond donors (Lipinski definition) is 1. The number of nitrogens with one attached hydrogen (secondary N) is 1. The van der Waals surface area contributed by atoms with Crippen LogP contribution in [0.4, 0.5) is 5.69 Å². The van der Waals surface area contributed by atoms with Gasteiger partial charge >= 0.3 is 0 Å². The molecule has 0 aliphatic heterocycles. The van der Waals surface area contributed by atoms with Gasteiger partial charge in [0.15, 0.2) is 0 Å². The van der Waals surface area contributed by atoms with Crippen LogP contribution in [0.1, 0.15) is 22.2 Å². The minimum Gasteiger partial charge on any atom is -0.326 e.